The zero-order valence-electron chi connectivity index (χ0n) is 11.3. The van der Waals surface area contributed by atoms with E-state index in [2.05, 4.69) is 29.9 Å². The molecule has 1 fully saturated rings. The summed E-state index contributed by atoms with van der Waals surface area (Å²) in [6.45, 7) is 3.77. The van der Waals surface area contributed by atoms with Crippen LogP contribution in [0.5, 0.6) is 0 Å². The highest BCUT2D eigenvalue weighted by atomic mass is 16.5. The zero-order chi connectivity index (χ0) is 13.0. The van der Waals surface area contributed by atoms with Crippen LogP contribution in [0, 0.1) is 0 Å². The Hall–Kier alpha value is -1.13. The van der Waals surface area contributed by atoms with Crippen molar-refractivity contribution in [2.75, 3.05) is 25.2 Å². The number of hydrogen-bond acceptors (Lipinski definition) is 4. The SMILES string of the molecule is CCC(N)Cc1cccnc1N(C)C1CCOC1. The minimum absolute atomic E-state index is 0.209. The topological polar surface area (TPSA) is 51.4 Å². The number of likely N-dealkylation sites (N-methyl/N-ethyl adjacent to an activating group) is 1. The van der Waals surface area contributed by atoms with Gasteiger partial charge in [0.15, 0.2) is 0 Å². The number of nitrogens with two attached hydrogens (primary N) is 1. The highest BCUT2D eigenvalue weighted by Crippen LogP contribution is 2.22. The maximum atomic E-state index is 6.06. The maximum Gasteiger partial charge on any atom is 0.131 e. The van der Waals surface area contributed by atoms with E-state index in [0.717, 1.165) is 38.3 Å². The van der Waals surface area contributed by atoms with Crippen LogP contribution in [0.15, 0.2) is 18.3 Å². The lowest BCUT2D eigenvalue weighted by molar-refractivity contribution is 0.193. The van der Waals surface area contributed by atoms with Gasteiger partial charge in [-0.1, -0.05) is 13.0 Å². The molecule has 18 heavy (non-hydrogen) atoms. The molecule has 1 aromatic rings. The van der Waals surface area contributed by atoms with Crippen LogP contribution in [0.25, 0.3) is 0 Å². The number of anilines is 1. The first kappa shape index (κ1) is 13.3. The average molecular weight is 249 g/mol. The van der Waals surface area contributed by atoms with Gasteiger partial charge in [0, 0.05) is 25.9 Å². The summed E-state index contributed by atoms with van der Waals surface area (Å²) in [5, 5.41) is 0. The first-order valence-electron chi connectivity index (χ1n) is 6.72. The van der Waals surface area contributed by atoms with Crippen LogP contribution in [0.2, 0.25) is 0 Å². The highest BCUT2D eigenvalue weighted by Gasteiger charge is 2.23. The molecule has 1 aliphatic rings. The van der Waals surface area contributed by atoms with Crippen molar-refractivity contribution in [3.8, 4) is 0 Å². The van der Waals surface area contributed by atoms with Crippen LogP contribution in [0.3, 0.4) is 0 Å². The standard InChI is InChI=1S/C14H23N3O/c1-3-12(15)9-11-5-4-7-16-14(11)17(2)13-6-8-18-10-13/h4-5,7,12-13H,3,6,8-10,15H2,1-2H3. The van der Waals surface area contributed by atoms with Gasteiger partial charge >= 0.3 is 0 Å². The molecular weight excluding hydrogens is 226 g/mol. The summed E-state index contributed by atoms with van der Waals surface area (Å²) in [4.78, 5) is 6.77. The van der Waals surface area contributed by atoms with Crippen molar-refractivity contribution < 1.29 is 4.74 Å². The van der Waals surface area contributed by atoms with Crippen LogP contribution in [-0.4, -0.2) is 37.3 Å². The second-order valence-electron chi connectivity index (χ2n) is 4.99. The number of nitrogens with zero attached hydrogens (tertiary/aromatic N) is 2. The van der Waals surface area contributed by atoms with Crippen molar-refractivity contribution in [3.05, 3.63) is 23.9 Å². The molecule has 4 nitrogen and oxygen atoms in total. The third-order valence-electron chi connectivity index (χ3n) is 3.66. The lowest BCUT2D eigenvalue weighted by atomic mass is 10.0. The Labute approximate surface area is 109 Å². The van der Waals surface area contributed by atoms with Crippen LogP contribution in [0.1, 0.15) is 25.3 Å². The monoisotopic (exact) mass is 249 g/mol. The maximum absolute atomic E-state index is 6.06. The van der Waals surface area contributed by atoms with E-state index in [4.69, 9.17) is 10.5 Å². The predicted octanol–water partition coefficient (Wildman–Crippen LogP) is 1.59. The Morgan fingerprint density at radius 3 is 3.11 bits per heavy atom. The van der Waals surface area contributed by atoms with Crippen molar-refractivity contribution >= 4 is 5.82 Å². The fourth-order valence-electron chi connectivity index (χ4n) is 2.33. The normalized spacial score (nSPS) is 20.9. The minimum Gasteiger partial charge on any atom is -0.379 e. The van der Waals surface area contributed by atoms with Gasteiger partial charge in [-0.25, -0.2) is 4.98 Å². The molecular formula is C14H23N3O. The Bertz CT molecular complexity index is 377. The highest BCUT2D eigenvalue weighted by molar-refractivity contribution is 5.47. The van der Waals surface area contributed by atoms with E-state index >= 15 is 0 Å². The number of ether oxygens (including phenoxy) is 1. The third kappa shape index (κ3) is 3.00. The van der Waals surface area contributed by atoms with Crippen LogP contribution in [0.4, 0.5) is 5.82 Å². The molecule has 1 aromatic heterocycles. The van der Waals surface area contributed by atoms with Gasteiger partial charge in [-0.3, -0.25) is 0 Å². The van der Waals surface area contributed by atoms with Crippen LogP contribution < -0.4 is 10.6 Å². The Kier molecular flexibility index (Phi) is 4.55. The van der Waals surface area contributed by atoms with E-state index in [9.17, 15) is 0 Å². The molecule has 4 heteroatoms. The molecule has 0 aliphatic carbocycles. The van der Waals surface area contributed by atoms with Gasteiger partial charge in [0.25, 0.3) is 0 Å². The molecule has 1 aliphatic heterocycles. The van der Waals surface area contributed by atoms with Gasteiger partial charge < -0.3 is 15.4 Å². The summed E-state index contributed by atoms with van der Waals surface area (Å²) < 4.78 is 5.45. The molecule has 1 saturated heterocycles. The summed E-state index contributed by atoms with van der Waals surface area (Å²) in [6.07, 6.45) is 4.80. The molecule has 2 N–H and O–H groups in total. The minimum atomic E-state index is 0.209. The van der Waals surface area contributed by atoms with Gasteiger partial charge in [-0.05, 0) is 30.9 Å². The van der Waals surface area contributed by atoms with Crippen molar-refractivity contribution in [2.24, 2.45) is 5.73 Å². The fraction of sp³-hybridized carbons (Fsp3) is 0.643. The van der Waals surface area contributed by atoms with Crippen molar-refractivity contribution in [2.45, 2.75) is 38.3 Å². The summed E-state index contributed by atoms with van der Waals surface area (Å²) in [5.74, 6) is 1.05. The average Bonchev–Trinajstić information content (AvgIpc) is 2.92. The first-order valence-corrected chi connectivity index (χ1v) is 6.72. The molecule has 2 atom stereocenters. The van der Waals surface area contributed by atoms with Gasteiger partial charge in [-0.15, -0.1) is 0 Å². The molecule has 2 heterocycles. The predicted molar refractivity (Wildman–Crippen MR) is 73.8 cm³/mol. The molecule has 0 aromatic carbocycles. The Balaban J connectivity index is 2.15. The van der Waals surface area contributed by atoms with Crippen LogP contribution in [-0.2, 0) is 11.2 Å². The summed E-state index contributed by atoms with van der Waals surface area (Å²) >= 11 is 0. The van der Waals surface area contributed by atoms with Gasteiger partial charge in [-0.2, -0.15) is 0 Å². The van der Waals surface area contributed by atoms with Gasteiger partial charge in [0.05, 0.1) is 12.6 Å². The second kappa shape index (κ2) is 6.16. The van der Waals surface area contributed by atoms with E-state index in [-0.39, 0.29) is 6.04 Å². The molecule has 0 bridgehead atoms. The number of hydrogen-bond donors (Lipinski definition) is 1. The molecule has 0 spiro atoms. The largest absolute Gasteiger partial charge is 0.379 e. The van der Waals surface area contributed by atoms with E-state index in [1.807, 2.05) is 12.3 Å². The molecule has 0 radical (unpaired) electrons. The smallest absolute Gasteiger partial charge is 0.131 e. The molecule has 100 valence electrons. The van der Waals surface area contributed by atoms with Crippen molar-refractivity contribution in [1.82, 2.24) is 4.98 Å². The molecule has 0 saturated carbocycles. The van der Waals surface area contributed by atoms with E-state index in [1.165, 1.54) is 5.56 Å². The van der Waals surface area contributed by atoms with Crippen molar-refractivity contribution in [1.29, 1.82) is 0 Å². The van der Waals surface area contributed by atoms with Gasteiger partial charge in [0.1, 0.15) is 5.82 Å². The number of aromatic nitrogens is 1. The number of rotatable bonds is 5. The lowest BCUT2D eigenvalue weighted by Gasteiger charge is -2.27. The summed E-state index contributed by atoms with van der Waals surface area (Å²) in [7, 11) is 2.10. The first-order chi connectivity index (χ1) is 8.72. The fourth-order valence-corrected chi connectivity index (χ4v) is 2.33. The third-order valence-corrected chi connectivity index (χ3v) is 3.66. The quantitative estimate of drug-likeness (QED) is 0.861. The Morgan fingerprint density at radius 2 is 2.44 bits per heavy atom. The second-order valence-corrected chi connectivity index (χ2v) is 4.99. The Morgan fingerprint density at radius 1 is 1.61 bits per heavy atom. The molecule has 2 rings (SSSR count). The summed E-state index contributed by atoms with van der Waals surface area (Å²) in [5.41, 5.74) is 7.29. The number of pyridine rings is 1. The lowest BCUT2D eigenvalue weighted by Crippen LogP contribution is -2.34. The summed E-state index contributed by atoms with van der Waals surface area (Å²) in [6, 6.07) is 4.77. The van der Waals surface area contributed by atoms with E-state index in [0.29, 0.717) is 6.04 Å². The van der Waals surface area contributed by atoms with Crippen molar-refractivity contribution in [3.63, 3.8) is 0 Å². The van der Waals surface area contributed by atoms with E-state index < -0.39 is 0 Å². The molecule has 0 amide bonds. The molecule has 2 unspecified atom stereocenters. The van der Waals surface area contributed by atoms with E-state index in [1.54, 1.807) is 0 Å². The zero-order valence-corrected chi connectivity index (χ0v) is 11.3. The van der Waals surface area contributed by atoms with Crippen LogP contribution >= 0.6 is 0 Å². The van der Waals surface area contributed by atoms with Gasteiger partial charge in [0.2, 0.25) is 0 Å².